The second kappa shape index (κ2) is 7.32. The topological polar surface area (TPSA) is 40.5 Å². The number of hydrogen-bond acceptors (Lipinski definition) is 2. The molecule has 0 aromatic carbocycles. The second-order valence-electron chi connectivity index (χ2n) is 3.12. The fraction of sp³-hybridized carbons (Fsp3) is 0.800. The molecule has 72 valence electrons. The minimum absolute atomic E-state index is 0.351. The molecule has 0 saturated heterocycles. The lowest BCUT2D eigenvalue weighted by atomic mass is 10.1. The molecule has 0 aliphatic rings. The molecule has 0 spiro atoms. The van der Waals surface area contributed by atoms with Gasteiger partial charge in [-0.1, -0.05) is 31.9 Å². The smallest absolute Gasteiger partial charge is 0.0745 e. The molecular weight excluding hydrogens is 152 g/mol. The van der Waals surface area contributed by atoms with Gasteiger partial charge in [-0.3, -0.25) is 0 Å². The fourth-order valence-electron chi connectivity index (χ4n) is 1.14. The van der Waals surface area contributed by atoms with Gasteiger partial charge in [0, 0.05) is 6.42 Å². The van der Waals surface area contributed by atoms with Crippen LogP contribution in [0.5, 0.6) is 0 Å². The summed E-state index contributed by atoms with van der Waals surface area (Å²) < 4.78 is 0. The van der Waals surface area contributed by atoms with E-state index in [1.54, 1.807) is 12.2 Å². The lowest BCUT2D eigenvalue weighted by Crippen LogP contribution is -2.15. The third-order valence-electron chi connectivity index (χ3n) is 1.82. The zero-order valence-corrected chi connectivity index (χ0v) is 8.03. The lowest BCUT2D eigenvalue weighted by Gasteiger charge is -2.11. The van der Waals surface area contributed by atoms with Crippen LogP contribution in [0.15, 0.2) is 12.2 Å². The summed E-state index contributed by atoms with van der Waals surface area (Å²) in [6, 6.07) is 0. The van der Waals surface area contributed by atoms with E-state index in [1.807, 2.05) is 6.92 Å². The Morgan fingerprint density at radius 1 is 1.33 bits per heavy atom. The van der Waals surface area contributed by atoms with E-state index in [9.17, 15) is 10.2 Å². The van der Waals surface area contributed by atoms with Crippen molar-refractivity contribution in [2.45, 2.75) is 51.7 Å². The zero-order valence-electron chi connectivity index (χ0n) is 8.03. The Morgan fingerprint density at radius 3 is 2.50 bits per heavy atom. The first-order valence-corrected chi connectivity index (χ1v) is 4.69. The van der Waals surface area contributed by atoms with E-state index in [0.717, 1.165) is 19.3 Å². The van der Waals surface area contributed by atoms with Gasteiger partial charge in [-0.15, -0.1) is 0 Å². The van der Waals surface area contributed by atoms with Crippen molar-refractivity contribution in [3.8, 4) is 0 Å². The van der Waals surface area contributed by atoms with Crippen molar-refractivity contribution >= 4 is 0 Å². The van der Waals surface area contributed by atoms with Crippen LogP contribution in [0.2, 0.25) is 0 Å². The van der Waals surface area contributed by atoms with Crippen molar-refractivity contribution < 1.29 is 10.2 Å². The van der Waals surface area contributed by atoms with Crippen LogP contribution in [-0.4, -0.2) is 22.4 Å². The van der Waals surface area contributed by atoms with Crippen LogP contribution in [0.25, 0.3) is 0 Å². The van der Waals surface area contributed by atoms with Crippen molar-refractivity contribution in [1.82, 2.24) is 0 Å². The molecule has 2 N–H and O–H groups in total. The summed E-state index contributed by atoms with van der Waals surface area (Å²) in [5.74, 6) is 0. The molecule has 2 nitrogen and oxygen atoms in total. The number of allylic oxidation sites excluding steroid dienone is 1. The van der Waals surface area contributed by atoms with Crippen molar-refractivity contribution in [1.29, 1.82) is 0 Å². The Bertz CT molecular complexity index is 121. The maximum absolute atomic E-state index is 9.38. The van der Waals surface area contributed by atoms with Crippen molar-refractivity contribution in [3.05, 3.63) is 12.2 Å². The quantitative estimate of drug-likeness (QED) is 0.600. The number of rotatable bonds is 6. The van der Waals surface area contributed by atoms with Crippen LogP contribution in [0, 0.1) is 0 Å². The van der Waals surface area contributed by atoms with E-state index in [2.05, 4.69) is 6.92 Å². The van der Waals surface area contributed by atoms with Crippen molar-refractivity contribution in [2.24, 2.45) is 0 Å². The van der Waals surface area contributed by atoms with E-state index in [0.29, 0.717) is 6.42 Å². The molecule has 0 fully saturated rings. The molecule has 2 atom stereocenters. The van der Waals surface area contributed by atoms with Gasteiger partial charge < -0.3 is 10.2 Å². The summed E-state index contributed by atoms with van der Waals surface area (Å²) in [5.41, 5.74) is 0. The van der Waals surface area contributed by atoms with Gasteiger partial charge in [-0.25, -0.2) is 0 Å². The Hall–Kier alpha value is -0.340. The lowest BCUT2D eigenvalue weighted by molar-refractivity contribution is 0.0960. The van der Waals surface area contributed by atoms with Gasteiger partial charge in [-0.05, 0) is 13.3 Å². The highest BCUT2D eigenvalue weighted by Gasteiger charge is 2.07. The third kappa shape index (κ3) is 6.38. The Labute approximate surface area is 74.9 Å². The zero-order chi connectivity index (χ0) is 9.40. The molecular formula is C10H20O2. The average Bonchev–Trinajstić information content (AvgIpc) is 2.01. The summed E-state index contributed by atoms with van der Waals surface area (Å²) in [7, 11) is 0. The first-order chi connectivity index (χ1) is 5.70. The second-order valence-corrected chi connectivity index (χ2v) is 3.12. The predicted molar refractivity (Wildman–Crippen MR) is 51.0 cm³/mol. The van der Waals surface area contributed by atoms with E-state index >= 15 is 0 Å². The van der Waals surface area contributed by atoms with Crippen molar-refractivity contribution in [3.63, 3.8) is 0 Å². The van der Waals surface area contributed by atoms with Gasteiger partial charge in [0.05, 0.1) is 12.2 Å². The molecule has 0 saturated carbocycles. The van der Waals surface area contributed by atoms with E-state index in [-0.39, 0.29) is 6.10 Å². The van der Waals surface area contributed by atoms with Crippen LogP contribution in [-0.2, 0) is 0 Å². The van der Waals surface area contributed by atoms with Gasteiger partial charge in [-0.2, -0.15) is 0 Å². The number of hydrogen-bond donors (Lipinski definition) is 2. The van der Waals surface area contributed by atoms with Gasteiger partial charge >= 0.3 is 0 Å². The first-order valence-electron chi connectivity index (χ1n) is 4.69. The molecule has 0 amide bonds. The molecule has 2 unspecified atom stereocenters. The van der Waals surface area contributed by atoms with Crippen LogP contribution in [0.1, 0.15) is 39.5 Å². The highest BCUT2D eigenvalue weighted by Crippen LogP contribution is 2.07. The molecule has 0 aromatic heterocycles. The highest BCUT2D eigenvalue weighted by atomic mass is 16.3. The minimum atomic E-state index is -0.484. The number of aliphatic hydroxyl groups excluding tert-OH is 2. The van der Waals surface area contributed by atoms with Crippen LogP contribution in [0.4, 0.5) is 0 Å². The van der Waals surface area contributed by atoms with Crippen LogP contribution >= 0.6 is 0 Å². The van der Waals surface area contributed by atoms with Crippen molar-refractivity contribution in [2.75, 3.05) is 0 Å². The molecule has 0 aromatic rings. The summed E-state index contributed by atoms with van der Waals surface area (Å²) in [6.07, 6.45) is 6.06. The molecule has 0 radical (unpaired) electrons. The monoisotopic (exact) mass is 172 g/mol. The summed E-state index contributed by atoms with van der Waals surface area (Å²) in [5, 5.41) is 18.7. The summed E-state index contributed by atoms with van der Waals surface area (Å²) >= 11 is 0. The maximum atomic E-state index is 9.38. The van der Waals surface area contributed by atoms with E-state index in [1.165, 1.54) is 0 Å². The molecule has 0 rings (SSSR count). The van der Waals surface area contributed by atoms with Gasteiger partial charge in [0.25, 0.3) is 0 Å². The van der Waals surface area contributed by atoms with E-state index < -0.39 is 6.10 Å². The fourth-order valence-corrected chi connectivity index (χ4v) is 1.14. The largest absolute Gasteiger partial charge is 0.393 e. The molecule has 12 heavy (non-hydrogen) atoms. The summed E-state index contributed by atoms with van der Waals surface area (Å²) in [4.78, 5) is 0. The third-order valence-corrected chi connectivity index (χ3v) is 1.82. The Morgan fingerprint density at radius 2 is 2.00 bits per heavy atom. The molecule has 0 heterocycles. The first kappa shape index (κ1) is 11.7. The van der Waals surface area contributed by atoms with Gasteiger partial charge in [0.15, 0.2) is 0 Å². The normalized spacial score (nSPS) is 16.7. The Kier molecular flexibility index (Phi) is 7.11. The van der Waals surface area contributed by atoms with E-state index in [4.69, 9.17) is 0 Å². The average molecular weight is 172 g/mol. The molecule has 0 aliphatic carbocycles. The molecule has 0 aliphatic heterocycles. The van der Waals surface area contributed by atoms with Crippen LogP contribution < -0.4 is 0 Å². The summed E-state index contributed by atoms with van der Waals surface area (Å²) in [6.45, 7) is 3.96. The number of unbranched alkanes of at least 4 members (excludes halogenated alkanes) is 1. The van der Waals surface area contributed by atoms with Gasteiger partial charge in [0.2, 0.25) is 0 Å². The van der Waals surface area contributed by atoms with Gasteiger partial charge in [0.1, 0.15) is 0 Å². The molecule has 2 heteroatoms. The Balaban J connectivity index is 3.46. The SMILES string of the molecule is CC=CC(O)CC(O)CCCC. The minimum Gasteiger partial charge on any atom is -0.393 e. The maximum Gasteiger partial charge on any atom is 0.0745 e. The van der Waals surface area contributed by atoms with Crippen LogP contribution in [0.3, 0.4) is 0 Å². The highest BCUT2D eigenvalue weighted by molar-refractivity contribution is 4.86. The number of aliphatic hydroxyl groups is 2. The predicted octanol–water partition coefficient (Wildman–Crippen LogP) is 1.86. The standard InChI is InChI=1S/C10H20O2/c1-3-5-7-10(12)8-9(11)6-4-2/h4,6,9-12H,3,5,7-8H2,1-2H3. The molecule has 0 bridgehead atoms.